The monoisotopic (exact) mass is 283 g/mol. The minimum atomic E-state index is 0.322. The highest BCUT2D eigenvalue weighted by atomic mass is 15.2. The fourth-order valence-electron chi connectivity index (χ4n) is 3.21. The molecule has 0 saturated heterocycles. The van der Waals surface area contributed by atoms with Crippen molar-refractivity contribution >= 4 is 5.52 Å². The van der Waals surface area contributed by atoms with Crippen LogP contribution in [0, 0.1) is 0 Å². The molecule has 3 heteroatoms. The van der Waals surface area contributed by atoms with Gasteiger partial charge in [-0.05, 0) is 50.8 Å². The summed E-state index contributed by atoms with van der Waals surface area (Å²) in [5.74, 6) is 0. The third-order valence-corrected chi connectivity index (χ3v) is 4.31. The van der Waals surface area contributed by atoms with E-state index in [-0.39, 0.29) is 0 Å². The number of rotatable bonds is 5. The third kappa shape index (κ3) is 3.18. The molecule has 3 nitrogen and oxygen atoms in total. The summed E-state index contributed by atoms with van der Waals surface area (Å²) in [5, 5.41) is 8.26. The number of fused-ring (bicyclic) bond motifs is 1. The van der Waals surface area contributed by atoms with Gasteiger partial charge in [-0.25, -0.2) is 4.52 Å². The van der Waals surface area contributed by atoms with Crippen LogP contribution >= 0.6 is 0 Å². The van der Waals surface area contributed by atoms with Crippen LogP contribution < -0.4 is 5.32 Å². The standard InChI is InChI=1S/C18H25N3/c1-2-12-19-18(15-9-5-3-4-6-10-15)16-14-20-21-13-8-7-11-17(16)21/h7-9,11,13-14,18-19H,2-6,10,12H2,1H3. The van der Waals surface area contributed by atoms with Gasteiger partial charge in [0.1, 0.15) is 0 Å². The molecule has 0 amide bonds. The molecule has 2 heterocycles. The molecule has 1 aliphatic carbocycles. The number of aromatic nitrogens is 2. The van der Waals surface area contributed by atoms with E-state index in [1.54, 1.807) is 5.57 Å². The van der Waals surface area contributed by atoms with Gasteiger partial charge >= 0.3 is 0 Å². The fraction of sp³-hybridized carbons (Fsp3) is 0.500. The molecule has 1 atom stereocenters. The van der Waals surface area contributed by atoms with Crippen molar-refractivity contribution in [1.29, 1.82) is 0 Å². The van der Waals surface area contributed by atoms with Crippen molar-refractivity contribution in [3.8, 4) is 0 Å². The second-order valence-electron chi connectivity index (χ2n) is 5.90. The quantitative estimate of drug-likeness (QED) is 0.831. The summed E-state index contributed by atoms with van der Waals surface area (Å²) in [6.07, 6.45) is 14.1. The molecule has 0 spiro atoms. The number of hydrogen-bond donors (Lipinski definition) is 1. The topological polar surface area (TPSA) is 29.3 Å². The van der Waals surface area contributed by atoms with Crippen molar-refractivity contribution in [3.05, 3.63) is 47.8 Å². The van der Waals surface area contributed by atoms with Gasteiger partial charge in [0.25, 0.3) is 0 Å². The van der Waals surface area contributed by atoms with Crippen molar-refractivity contribution in [3.63, 3.8) is 0 Å². The lowest BCUT2D eigenvalue weighted by atomic mass is 9.96. The number of nitrogens with one attached hydrogen (secondary N) is 1. The largest absolute Gasteiger partial charge is 0.306 e. The predicted octanol–water partition coefficient (Wildman–Crippen LogP) is 4.27. The van der Waals surface area contributed by atoms with Gasteiger partial charge < -0.3 is 5.32 Å². The highest BCUT2D eigenvalue weighted by molar-refractivity contribution is 5.56. The number of hydrogen-bond acceptors (Lipinski definition) is 2. The molecule has 3 rings (SSSR count). The molecule has 0 saturated carbocycles. The van der Waals surface area contributed by atoms with Crippen molar-refractivity contribution in [2.45, 2.75) is 51.5 Å². The molecule has 1 aliphatic rings. The third-order valence-electron chi connectivity index (χ3n) is 4.31. The highest BCUT2D eigenvalue weighted by Gasteiger charge is 2.20. The second-order valence-corrected chi connectivity index (χ2v) is 5.90. The van der Waals surface area contributed by atoms with Crippen LogP contribution in [0.2, 0.25) is 0 Å². The van der Waals surface area contributed by atoms with E-state index in [4.69, 9.17) is 0 Å². The molecule has 112 valence electrons. The fourth-order valence-corrected chi connectivity index (χ4v) is 3.21. The van der Waals surface area contributed by atoms with E-state index in [1.807, 2.05) is 23.0 Å². The molecule has 0 aromatic carbocycles. The minimum absolute atomic E-state index is 0.322. The van der Waals surface area contributed by atoms with E-state index in [2.05, 4.69) is 35.5 Å². The number of nitrogens with zero attached hydrogens (tertiary/aromatic N) is 2. The van der Waals surface area contributed by atoms with Crippen LogP contribution in [0.25, 0.3) is 5.52 Å². The average molecular weight is 283 g/mol. The lowest BCUT2D eigenvalue weighted by Gasteiger charge is -2.21. The Labute approximate surface area is 127 Å². The normalized spacial score (nSPS) is 17.5. The van der Waals surface area contributed by atoms with Crippen LogP contribution in [0.5, 0.6) is 0 Å². The molecule has 2 aromatic rings. The Bertz CT molecular complexity index is 612. The molecule has 0 radical (unpaired) electrons. The van der Waals surface area contributed by atoms with Gasteiger partial charge in [0.2, 0.25) is 0 Å². The summed E-state index contributed by atoms with van der Waals surface area (Å²) >= 11 is 0. The molecular weight excluding hydrogens is 258 g/mol. The van der Waals surface area contributed by atoms with Gasteiger partial charge in [0.15, 0.2) is 0 Å². The van der Waals surface area contributed by atoms with Gasteiger partial charge in [0, 0.05) is 11.8 Å². The molecule has 21 heavy (non-hydrogen) atoms. The van der Waals surface area contributed by atoms with E-state index < -0.39 is 0 Å². The second kappa shape index (κ2) is 6.90. The summed E-state index contributed by atoms with van der Waals surface area (Å²) in [6, 6.07) is 6.62. The van der Waals surface area contributed by atoms with Gasteiger partial charge in [-0.1, -0.05) is 31.1 Å². The number of pyridine rings is 1. The first-order chi connectivity index (χ1) is 10.4. The van der Waals surface area contributed by atoms with E-state index in [1.165, 1.54) is 43.2 Å². The van der Waals surface area contributed by atoms with Gasteiger partial charge in [-0.15, -0.1) is 0 Å². The first-order valence-corrected chi connectivity index (χ1v) is 8.24. The maximum Gasteiger partial charge on any atom is 0.0712 e. The van der Waals surface area contributed by atoms with Crippen LogP contribution in [-0.4, -0.2) is 16.2 Å². The molecular formula is C18H25N3. The van der Waals surface area contributed by atoms with Crippen LogP contribution in [-0.2, 0) is 0 Å². The Balaban J connectivity index is 1.96. The van der Waals surface area contributed by atoms with E-state index >= 15 is 0 Å². The van der Waals surface area contributed by atoms with Gasteiger partial charge in [-0.3, -0.25) is 0 Å². The van der Waals surface area contributed by atoms with Crippen LogP contribution in [0.15, 0.2) is 42.2 Å². The van der Waals surface area contributed by atoms with Crippen LogP contribution in [0.4, 0.5) is 0 Å². The van der Waals surface area contributed by atoms with Crippen LogP contribution in [0.3, 0.4) is 0 Å². The van der Waals surface area contributed by atoms with Crippen molar-refractivity contribution in [2.24, 2.45) is 0 Å². The molecule has 1 N–H and O–H groups in total. The zero-order valence-corrected chi connectivity index (χ0v) is 12.9. The highest BCUT2D eigenvalue weighted by Crippen LogP contribution is 2.31. The summed E-state index contributed by atoms with van der Waals surface area (Å²) in [6.45, 7) is 3.27. The van der Waals surface area contributed by atoms with Crippen molar-refractivity contribution < 1.29 is 0 Å². The lowest BCUT2D eigenvalue weighted by Crippen LogP contribution is -2.24. The molecule has 0 fully saturated rings. The SMILES string of the molecule is CCCNC(C1=CCCCCC1)c1cnn2ccccc12. The van der Waals surface area contributed by atoms with Crippen molar-refractivity contribution in [2.75, 3.05) is 6.54 Å². The summed E-state index contributed by atoms with van der Waals surface area (Å²) in [7, 11) is 0. The smallest absolute Gasteiger partial charge is 0.0712 e. The molecule has 1 unspecified atom stereocenters. The van der Waals surface area contributed by atoms with Gasteiger partial charge in [0.05, 0.1) is 17.8 Å². The van der Waals surface area contributed by atoms with Crippen molar-refractivity contribution in [1.82, 2.24) is 14.9 Å². The Morgan fingerprint density at radius 3 is 3.14 bits per heavy atom. The van der Waals surface area contributed by atoms with Crippen LogP contribution in [0.1, 0.15) is 57.1 Å². The maximum absolute atomic E-state index is 4.52. The summed E-state index contributed by atoms with van der Waals surface area (Å²) < 4.78 is 1.98. The Morgan fingerprint density at radius 2 is 2.24 bits per heavy atom. The molecule has 0 aliphatic heterocycles. The Hall–Kier alpha value is -1.61. The first kappa shape index (κ1) is 14.3. The van der Waals surface area contributed by atoms with E-state index in [0.29, 0.717) is 6.04 Å². The Morgan fingerprint density at radius 1 is 1.29 bits per heavy atom. The minimum Gasteiger partial charge on any atom is -0.306 e. The van der Waals surface area contributed by atoms with Gasteiger partial charge in [-0.2, -0.15) is 5.10 Å². The first-order valence-electron chi connectivity index (χ1n) is 8.24. The summed E-state index contributed by atoms with van der Waals surface area (Å²) in [4.78, 5) is 0. The van der Waals surface area contributed by atoms with E-state index in [9.17, 15) is 0 Å². The van der Waals surface area contributed by atoms with E-state index in [0.717, 1.165) is 13.0 Å². The lowest BCUT2D eigenvalue weighted by molar-refractivity contribution is 0.569. The maximum atomic E-state index is 4.52. The number of allylic oxidation sites excluding steroid dienone is 1. The molecule has 0 bridgehead atoms. The Kier molecular flexibility index (Phi) is 4.71. The zero-order chi connectivity index (χ0) is 14.5. The zero-order valence-electron chi connectivity index (χ0n) is 12.9. The summed E-state index contributed by atoms with van der Waals surface area (Å²) in [5.41, 5.74) is 4.09. The average Bonchev–Trinajstić information content (AvgIpc) is 2.75. The molecule has 2 aromatic heterocycles. The predicted molar refractivity (Wildman–Crippen MR) is 87.4 cm³/mol.